The minimum absolute atomic E-state index is 1.26. The zero-order valence-corrected chi connectivity index (χ0v) is 19.5. The predicted molar refractivity (Wildman–Crippen MR) is 135 cm³/mol. The number of hydrogen-bond acceptors (Lipinski definition) is 5. The van der Waals surface area contributed by atoms with Crippen LogP contribution in [0.4, 0.5) is 0 Å². The van der Waals surface area contributed by atoms with Crippen molar-refractivity contribution in [3.63, 3.8) is 0 Å². The highest BCUT2D eigenvalue weighted by Gasteiger charge is 1.99. The number of benzene rings is 2. The number of hydrogen-bond donors (Lipinski definition) is 0. The van der Waals surface area contributed by atoms with Crippen LogP contribution in [0.5, 0.6) is 0 Å². The summed E-state index contributed by atoms with van der Waals surface area (Å²) >= 11 is 8.81. The molecule has 144 valence electrons. The molecule has 0 aliphatic rings. The van der Waals surface area contributed by atoms with Gasteiger partial charge in [0.15, 0.2) is 0 Å². The highest BCUT2D eigenvalue weighted by Crippen LogP contribution is 2.32. The second kappa shape index (κ2) is 11.0. The van der Waals surface area contributed by atoms with E-state index in [-0.39, 0.29) is 0 Å². The number of rotatable bonds is 8. The zero-order valence-electron chi connectivity index (χ0n) is 15.4. The largest absolute Gasteiger partial charge is 0.144 e. The van der Waals surface area contributed by atoms with Crippen LogP contribution in [0.25, 0.3) is 12.2 Å². The Kier molecular flexibility index (Phi) is 7.79. The van der Waals surface area contributed by atoms with Gasteiger partial charge < -0.3 is 0 Å². The molecular weight excluding hydrogens is 449 g/mol. The van der Waals surface area contributed by atoms with Crippen LogP contribution in [-0.4, -0.2) is 0 Å². The lowest BCUT2D eigenvalue weighted by molar-refractivity contribution is 1.32. The molecule has 0 bridgehead atoms. The maximum Gasteiger partial charge on any atom is 0.0275 e. The molecule has 29 heavy (non-hydrogen) atoms. The molecular formula is C24H18S5. The van der Waals surface area contributed by atoms with E-state index in [0.29, 0.717) is 0 Å². The van der Waals surface area contributed by atoms with Crippen LogP contribution in [0.1, 0.15) is 9.75 Å². The van der Waals surface area contributed by atoms with E-state index >= 15 is 0 Å². The average Bonchev–Trinajstić information content (AvgIpc) is 3.45. The summed E-state index contributed by atoms with van der Waals surface area (Å²) in [7, 11) is 0. The summed E-state index contributed by atoms with van der Waals surface area (Å²) in [5.74, 6) is 0. The smallest absolute Gasteiger partial charge is 0.0275 e. The van der Waals surface area contributed by atoms with Gasteiger partial charge in [0.05, 0.1) is 0 Å². The molecule has 0 saturated heterocycles. The molecule has 0 aliphatic heterocycles. The average molecular weight is 467 g/mol. The summed E-state index contributed by atoms with van der Waals surface area (Å²) in [6.07, 6.45) is 4.32. The van der Waals surface area contributed by atoms with Gasteiger partial charge in [0.25, 0.3) is 0 Å². The van der Waals surface area contributed by atoms with E-state index in [4.69, 9.17) is 0 Å². The molecule has 0 nitrogen and oxygen atoms in total. The van der Waals surface area contributed by atoms with Crippen molar-refractivity contribution in [1.29, 1.82) is 0 Å². The Hall–Kier alpha value is -1.63. The summed E-state index contributed by atoms with van der Waals surface area (Å²) in [4.78, 5) is 7.60. The van der Waals surface area contributed by atoms with E-state index in [1.807, 2.05) is 0 Å². The fraction of sp³-hybridized carbons (Fsp3) is 0. The van der Waals surface area contributed by atoms with Gasteiger partial charge in [-0.2, -0.15) is 0 Å². The van der Waals surface area contributed by atoms with Crippen molar-refractivity contribution in [2.24, 2.45) is 0 Å². The molecule has 0 atom stereocenters. The van der Waals surface area contributed by atoms with Crippen LogP contribution in [-0.2, 0) is 0 Å². The minimum atomic E-state index is 1.26. The quantitative estimate of drug-likeness (QED) is 0.237. The fourth-order valence-corrected chi connectivity index (χ4v) is 5.99. The van der Waals surface area contributed by atoms with Crippen molar-refractivity contribution < 1.29 is 0 Å². The Morgan fingerprint density at radius 2 is 0.931 bits per heavy atom. The monoisotopic (exact) mass is 466 g/mol. The first kappa shape index (κ1) is 20.6. The first-order valence-corrected chi connectivity index (χ1v) is 13.3. The van der Waals surface area contributed by atoms with Crippen LogP contribution in [0.15, 0.2) is 114 Å². The molecule has 4 aromatic rings. The SMILES string of the molecule is C(=C\c1cccs1)/Sc1ccc(Sc2ccc(S/C=C/c3cccs3)cc2)cc1. The molecule has 2 aromatic carbocycles. The van der Waals surface area contributed by atoms with Crippen LogP contribution in [0.3, 0.4) is 0 Å². The molecule has 0 unspecified atom stereocenters. The summed E-state index contributed by atoms with van der Waals surface area (Å²) < 4.78 is 0. The van der Waals surface area contributed by atoms with Gasteiger partial charge in [0.1, 0.15) is 0 Å². The van der Waals surface area contributed by atoms with E-state index in [9.17, 15) is 0 Å². The molecule has 5 heteroatoms. The van der Waals surface area contributed by atoms with Crippen LogP contribution < -0.4 is 0 Å². The highest BCUT2D eigenvalue weighted by atomic mass is 32.2. The first-order valence-electron chi connectivity index (χ1n) is 8.96. The lowest BCUT2D eigenvalue weighted by Crippen LogP contribution is -1.75. The summed E-state index contributed by atoms with van der Waals surface area (Å²) in [5.41, 5.74) is 0. The molecule has 0 radical (unpaired) electrons. The molecule has 0 aliphatic carbocycles. The van der Waals surface area contributed by atoms with Gasteiger partial charge in [0, 0.05) is 29.3 Å². The second-order valence-electron chi connectivity index (χ2n) is 5.92. The lowest BCUT2D eigenvalue weighted by atomic mass is 10.4. The Morgan fingerprint density at radius 3 is 1.31 bits per heavy atom. The molecule has 0 fully saturated rings. The van der Waals surface area contributed by atoms with Gasteiger partial charge in [-0.15, -0.1) is 22.7 Å². The molecule has 0 saturated carbocycles. The number of thioether (sulfide) groups is 2. The Labute approximate surface area is 192 Å². The summed E-state index contributed by atoms with van der Waals surface area (Å²) in [6.45, 7) is 0. The first-order chi connectivity index (χ1) is 14.3. The summed E-state index contributed by atoms with van der Waals surface area (Å²) in [6, 6.07) is 25.9. The van der Waals surface area contributed by atoms with E-state index in [2.05, 4.69) is 107 Å². The van der Waals surface area contributed by atoms with Gasteiger partial charge in [0.2, 0.25) is 0 Å². The van der Waals surface area contributed by atoms with Crippen LogP contribution in [0.2, 0.25) is 0 Å². The third kappa shape index (κ3) is 6.69. The molecule has 4 rings (SSSR count). The molecule has 0 N–H and O–H groups in total. The van der Waals surface area contributed by atoms with E-state index in [1.165, 1.54) is 29.3 Å². The van der Waals surface area contributed by atoms with Gasteiger partial charge in [-0.05, 0) is 94.4 Å². The second-order valence-corrected chi connectivity index (χ2v) is 11.0. The van der Waals surface area contributed by atoms with Crippen molar-refractivity contribution in [3.05, 3.63) is 104 Å². The highest BCUT2D eigenvalue weighted by molar-refractivity contribution is 8.02. The molecule has 0 amide bonds. The van der Waals surface area contributed by atoms with Crippen molar-refractivity contribution in [3.8, 4) is 0 Å². The van der Waals surface area contributed by atoms with Gasteiger partial charge >= 0.3 is 0 Å². The zero-order chi connectivity index (χ0) is 19.7. The molecule has 2 aromatic heterocycles. The van der Waals surface area contributed by atoms with Crippen molar-refractivity contribution in [2.75, 3.05) is 0 Å². The minimum Gasteiger partial charge on any atom is -0.144 e. The normalized spacial score (nSPS) is 11.6. The van der Waals surface area contributed by atoms with Crippen LogP contribution >= 0.6 is 58.0 Å². The van der Waals surface area contributed by atoms with E-state index in [0.717, 1.165) is 0 Å². The lowest BCUT2D eigenvalue weighted by Gasteiger charge is -2.04. The van der Waals surface area contributed by atoms with Crippen molar-refractivity contribution in [2.45, 2.75) is 19.6 Å². The topological polar surface area (TPSA) is 0 Å². The molecule has 2 heterocycles. The van der Waals surface area contributed by atoms with Gasteiger partial charge in [-0.1, -0.05) is 47.4 Å². The third-order valence-corrected chi connectivity index (χ3v) is 8.17. The Balaban J connectivity index is 1.28. The van der Waals surface area contributed by atoms with E-state index in [1.54, 1.807) is 58.0 Å². The summed E-state index contributed by atoms with van der Waals surface area (Å²) in [5, 5.41) is 8.50. The van der Waals surface area contributed by atoms with Crippen LogP contribution in [0, 0.1) is 0 Å². The third-order valence-electron chi connectivity index (χ3n) is 3.84. The van der Waals surface area contributed by atoms with Gasteiger partial charge in [-0.25, -0.2) is 0 Å². The fourth-order valence-electron chi connectivity index (χ4n) is 2.44. The number of thiophene rings is 2. The maximum atomic E-state index is 2.19. The van der Waals surface area contributed by atoms with Crippen molar-refractivity contribution in [1.82, 2.24) is 0 Å². The maximum absolute atomic E-state index is 2.19. The van der Waals surface area contributed by atoms with E-state index < -0.39 is 0 Å². The Bertz CT molecular complexity index is 954. The van der Waals surface area contributed by atoms with Gasteiger partial charge in [-0.3, -0.25) is 0 Å². The molecule has 0 spiro atoms. The predicted octanol–water partition coefficient (Wildman–Crippen LogP) is 9.49. The standard InChI is InChI=1S/C24H18S5/c1-3-19(25-15-1)13-17-27-21-5-9-23(10-6-21)29-24-11-7-22(8-12-24)28-18-14-20-4-2-16-26-20/h1-18H/b17-13+,18-14+. The Morgan fingerprint density at radius 1 is 0.517 bits per heavy atom. The van der Waals surface area contributed by atoms with Crippen molar-refractivity contribution >= 4 is 70.1 Å².